The molecule has 0 spiro atoms. The van der Waals surface area contributed by atoms with Crippen LogP contribution in [0.2, 0.25) is 0 Å². The third-order valence-corrected chi connectivity index (χ3v) is 8.75. The summed E-state index contributed by atoms with van der Waals surface area (Å²) in [7, 11) is -4.11. The molecule has 0 bridgehead atoms. The number of amides is 2. The number of aryl methyl sites for hydroxylation is 2. The molecule has 0 aliphatic rings. The fourth-order valence-corrected chi connectivity index (χ4v) is 6.13. The lowest BCUT2D eigenvalue weighted by molar-refractivity contribution is -0.141. The smallest absolute Gasteiger partial charge is 0.264 e. The average molecular weight is 629 g/mol. The van der Waals surface area contributed by atoms with Gasteiger partial charge in [-0.05, 0) is 82.5 Å². The van der Waals surface area contributed by atoms with Gasteiger partial charge in [-0.2, -0.15) is 0 Å². The first-order valence-corrected chi connectivity index (χ1v) is 15.5. The zero-order valence-electron chi connectivity index (χ0n) is 23.9. The zero-order valence-corrected chi connectivity index (χ0v) is 26.3. The minimum atomic E-state index is -4.11. The van der Waals surface area contributed by atoms with Gasteiger partial charge in [-0.1, -0.05) is 70.9 Å². The highest BCUT2D eigenvalue weighted by Crippen LogP contribution is 2.27. The Bertz CT molecular complexity index is 1450. The van der Waals surface area contributed by atoms with Crippen LogP contribution >= 0.6 is 15.9 Å². The Morgan fingerprint density at radius 2 is 1.60 bits per heavy atom. The van der Waals surface area contributed by atoms with Crippen LogP contribution in [0.3, 0.4) is 0 Å². The number of halogens is 1. The van der Waals surface area contributed by atoms with Crippen molar-refractivity contribution in [3.05, 3.63) is 94.0 Å². The lowest BCUT2D eigenvalue weighted by atomic mass is 10.0. The molecule has 0 aliphatic heterocycles. The number of carbonyl (C=O) groups is 2. The Morgan fingerprint density at radius 1 is 0.950 bits per heavy atom. The normalized spacial score (nSPS) is 12.5. The predicted octanol–water partition coefficient (Wildman–Crippen LogP) is 5.98. The van der Waals surface area contributed by atoms with Gasteiger partial charge in [0.1, 0.15) is 12.6 Å². The number of nitrogens with one attached hydrogen (secondary N) is 1. The van der Waals surface area contributed by atoms with Crippen molar-refractivity contribution in [2.75, 3.05) is 10.8 Å². The summed E-state index contributed by atoms with van der Waals surface area (Å²) in [6.07, 6.45) is 0.362. The maximum Gasteiger partial charge on any atom is 0.264 e. The fraction of sp³-hybridized carbons (Fsp3) is 0.355. The Morgan fingerprint density at radius 3 is 2.17 bits per heavy atom. The van der Waals surface area contributed by atoms with Crippen molar-refractivity contribution in [1.82, 2.24) is 10.2 Å². The molecule has 3 aromatic rings. The van der Waals surface area contributed by atoms with Gasteiger partial charge in [0.15, 0.2) is 0 Å². The number of nitrogens with zero attached hydrogens (tertiary/aromatic N) is 2. The first kappa shape index (κ1) is 31.4. The average Bonchev–Trinajstić information content (AvgIpc) is 2.87. The van der Waals surface area contributed by atoms with E-state index < -0.39 is 34.1 Å². The summed E-state index contributed by atoms with van der Waals surface area (Å²) in [5.41, 5.74) is 2.62. The van der Waals surface area contributed by atoms with Crippen molar-refractivity contribution in [3.8, 4) is 0 Å². The van der Waals surface area contributed by atoms with Gasteiger partial charge in [-0.15, -0.1) is 0 Å². The van der Waals surface area contributed by atoms with Crippen LogP contribution in [-0.4, -0.2) is 43.3 Å². The van der Waals surface area contributed by atoms with E-state index >= 15 is 0 Å². The van der Waals surface area contributed by atoms with Crippen molar-refractivity contribution in [2.24, 2.45) is 0 Å². The van der Waals surface area contributed by atoms with Gasteiger partial charge in [0.05, 0.1) is 10.6 Å². The minimum absolute atomic E-state index is 0.0776. The molecule has 3 rings (SSSR count). The third-order valence-electron chi connectivity index (χ3n) is 6.47. The summed E-state index contributed by atoms with van der Waals surface area (Å²) >= 11 is 3.42. The molecule has 0 fully saturated rings. The number of anilines is 1. The molecule has 0 unspecified atom stereocenters. The van der Waals surface area contributed by atoms with Crippen molar-refractivity contribution in [2.45, 2.75) is 71.0 Å². The lowest BCUT2D eigenvalue weighted by Gasteiger charge is -2.35. The van der Waals surface area contributed by atoms with E-state index in [4.69, 9.17) is 0 Å². The van der Waals surface area contributed by atoms with Crippen LogP contribution < -0.4 is 9.62 Å². The number of sulfonamides is 1. The first-order chi connectivity index (χ1) is 18.7. The molecular formula is C31H38BrN3O4S. The Balaban J connectivity index is 2.09. The van der Waals surface area contributed by atoms with Gasteiger partial charge in [0.25, 0.3) is 10.0 Å². The summed E-state index contributed by atoms with van der Waals surface area (Å²) in [4.78, 5) is 29.2. The van der Waals surface area contributed by atoms with Gasteiger partial charge >= 0.3 is 0 Å². The van der Waals surface area contributed by atoms with E-state index in [1.165, 1.54) is 17.0 Å². The molecule has 3 aromatic carbocycles. The van der Waals surface area contributed by atoms with Gasteiger partial charge in [-0.25, -0.2) is 8.42 Å². The minimum Gasteiger partial charge on any atom is -0.350 e. The quantitative estimate of drug-likeness (QED) is 0.299. The molecular weight excluding hydrogens is 590 g/mol. The van der Waals surface area contributed by atoms with E-state index in [1.807, 2.05) is 65.8 Å². The third kappa shape index (κ3) is 7.95. The molecule has 0 heterocycles. The number of carbonyl (C=O) groups excluding carboxylic acids is 2. The Hall–Kier alpha value is -3.17. The Labute approximate surface area is 246 Å². The van der Waals surface area contributed by atoms with Gasteiger partial charge in [-0.3, -0.25) is 13.9 Å². The highest BCUT2D eigenvalue weighted by Gasteiger charge is 2.34. The molecule has 0 aliphatic carbocycles. The molecule has 1 N–H and O–H groups in total. The summed E-state index contributed by atoms with van der Waals surface area (Å²) in [5, 5.41) is 2.99. The predicted molar refractivity (Wildman–Crippen MR) is 164 cm³/mol. The largest absolute Gasteiger partial charge is 0.350 e. The summed E-state index contributed by atoms with van der Waals surface area (Å²) in [6.45, 7) is 11.0. The summed E-state index contributed by atoms with van der Waals surface area (Å²) < 4.78 is 29.7. The number of benzene rings is 3. The molecule has 9 heteroatoms. The van der Waals surface area contributed by atoms with Crippen molar-refractivity contribution in [3.63, 3.8) is 0 Å². The topological polar surface area (TPSA) is 86.8 Å². The molecule has 0 saturated heterocycles. The van der Waals surface area contributed by atoms with Crippen LogP contribution in [0, 0.1) is 13.8 Å². The molecule has 1 atom stereocenters. The summed E-state index contributed by atoms with van der Waals surface area (Å²) in [6, 6.07) is 20.2. The van der Waals surface area contributed by atoms with E-state index in [2.05, 4.69) is 21.2 Å². The van der Waals surface area contributed by atoms with E-state index in [1.54, 1.807) is 36.4 Å². The van der Waals surface area contributed by atoms with E-state index in [0.29, 0.717) is 16.6 Å². The van der Waals surface area contributed by atoms with E-state index in [9.17, 15) is 18.0 Å². The molecule has 0 radical (unpaired) electrons. The van der Waals surface area contributed by atoms with Crippen LogP contribution in [0.5, 0.6) is 0 Å². The van der Waals surface area contributed by atoms with Crippen molar-refractivity contribution < 1.29 is 18.0 Å². The SMILES string of the molecule is CC[C@H](C(=O)NC(C)(C)C)N(Cc1ccccc1C)C(=O)CN(c1cccc(Br)c1)S(=O)(=O)c1ccc(C)cc1. The van der Waals surface area contributed by atoms with Gasteiger partial charge in [0.2, 0.25) is 11.8 Å². The number of hydrogen-bond donors (Lipinski definition) is 1. The fourth-order valence-electron chi connectivity index (χ4n) is 4.34. The van der Waals surface area contributed by atoms with Crippen LogP contribution in [-0.2, 0) is 26.2 Å². The number of hydrogen-bond acceptors (Lipinski definition) is 4. The molecule has 214 valence electrons. The standard InChI is InChI=1S/C31H38BrN3O4S/c1-7-28(30(37)33-31(4,5)6)34(20-24-12-9-8-11-23(24)3)29(36)21-35(26-14-10-13-25(32)19-26)40(38,39)27-17-15-22(2)16-18-27/h8-19,28H,7,20-21H2,1-6H3,(H,33,37)/t28-/m1/s1. The van der Waals surface area contributed by atoms with Crippen LogP contribution in [0.1, 0.15) is 50.8 Å². The second-order valence-electron chi connectivity index (χ2n) is 10.9. The second kappa shape index (κ2) is 13.0. The molecule has 0 aromatic heterocycles. The molecule has 2 amide bonds. The monoisotopic (exact) mass is 627 g/mol. The number of rotatable bonds is 10. The van der Waals surface area contributed by atoms with Crippen LogP contribution in [0.25, 0.3) is 0 Å². The van der Waals surface area contributed by atoms with Crippen molar-refractivity contribution in [1.29, 1.82) is 0 Å². The van der Waals surface area contributed by atoms with Crippen LogP contribution in [0.4, 0.5) is 5.69 Å². The lowest BCUT2D eigenvalue weighted by Crippen LogP contribution is -2.55. The molecule has 0 saturated carbocycles. The second-order valence-corrected chi connectivity index (χ2v) is 13.7. The van der Waals surface area contributed by atoms with Gasteiger partial charge < -0.3 is 10.2 Å². The molecule has 40 heavy (non-hydrogen) atoms. The zero-order chi connectivity index (χ0) is 29.7. The Kier molecular flexibility index (Phi) is 10.2. The highest BCUT2D eigenvalue weighted by atomic mass is 79.9. The highest BCUT2D eigenvalue weighted by molar-refractivity contribution is 9.10. The first-order valence-electron chi connectivity index (χ1n) is 13.2. The van der Waals surface area contributed by atoms with Gasteiger partial charge in [0, 0.05) is 16.6 Å². The van der Waals surface area contributed by atoms with E-state index in [0.717, 1.165) is 21.0 Å². The maximum atomic E-state index is 14.2. The summed E-state index contributed by atoms with van der Waals surface area (Å²) in [5.74, 6) is -0.762. The van der Waals surface area contributed by atoms with Crippen LogP contribution in [0.15, 0.2) is 82.2 Å². The van der Waals surface area contributed by atoms with E-state index in [-0.39, 0.29) is 17.3 Å². The molecule has 7 nitrogen and oxygen atoms in total. The maximum absolute atomic E-state index is 14.2. The van der Waals surface area contributed by atoms with Crippen molar-refractivity contribution >= 4 is 43.5 Å².